The third-order valence-corrected chi connectivity index (χ3v) is 7.48. The Morgan fingerprint density at radius 1 is 1.11 bits per heavy atom. The Bertz CT molecular complexity index is 1320. The van der Waals surface area contributed by atoms with Crippen molar-refractivity contribution >= 4 is 56.0 Å². The van der Waals surface area contributed by atoms with Gasteiger partial charge in [0.2, 0.25) is 5.91 Å². The van der Waals surface area contributed by atoms with Crippen molar-refractivity contribution in [1.82, 2.24) is 25.1 Å². The maximum absolute atomic E-state index is 12.7. The molecule has 0 bridgehead atoms. The van der Waals surface area contributed by atoms with Gasteiger partial charge < -0.3 is 15.2 Å². The van der Waals surface area contributed by atoms with Crippen LogP contribution < -0.4 is 10.6 Å². The lowest BCUT2D eigenvalue weighted by molar-refractivity contribution is -0.113. The van der Waals surface area contributed by atoms with Gasteiger partial charge in [0.05, 0.1) is 23.1 Å². The number of thiazole rings is 1. The lowest BCUT2D eigenvalue weighted by Crippen LogP contribution is -2.29. The molecular formula is C24H23BrN6O2S2. The van der Waals surface area contributed by atoms with E-state index >= 15 is 0 Å². The Morgan fingerprint density at radius 2 is 1.86 bits per heavy atom. The topological polar surface area (TPSA) is 102 Å². The highest BCUT2D eigenvalue weighted by atomic mass is 79.9. The predicted octanol–water partition coefficient (Wildman–Crippen LogP) is 5.41. The Kier molecular flexibility index (Phi) is 8.32. The smallest absolute Gasteiger partial charge is 0.253 e. The van der Waals surface area contributed by atoms with Crippen molar-refractivity contribution in [3.05, 3.63) is 75.8 Å². The van der Waals surface area contributed by atoms with Crippen LogP contribution in [-0.2, 0) is 11.3 Å². The van der Waals surface area contributed by atoms with Crippen LogP contribution in [0.3, 0.4) is 0 Å². The van der Waals surface area contributed by atoms with Crippen LogP contribution in [0.1, 0.15) is 36.1 Å². The molecule has 11 heteroatoms. The summed E-state index contributed by atoms with van der Waals surface area (Å²) in [6.45, 7) is 4.44. The molecule has 2 heterocycles. The molecule has 1 atom stereocenters. The van der Waals surface area contributed by atoms with E-state index in [1.807, 2.05) is 72.3 Å². The zero-order valence-electron chi connectivity index (χ0n) is 19.1. The summed E-state index contributed by atoms with van der Waals surface area (Å²) in [6.07, 6.45) is 0. The minimum absolute atomic E-state index is 0.163. The van der Waals surface area contributed by atoms with E-state index in [0.717, 1.165) is 15.7 Å². The highest BCUT2D eigenvalue weighted by Gasteiger charge is 2.21. The van der Waals surface area contributed by atoms with Crippen LogP contribution >= 0.6 is 39.0 Å². The summed E-state index contributed by atoms with van der Waals surface area (Å²) in [7, 11) is 0. The van der Waals surface area contributed by atoms with Gasteiger partial charge in [0.25, 0.3) is 5.91 Å². The first-order chi connectivity index (χ1) is 17.0. The molecule has 0 aliphatic carbocycles. The molecule has 0 spiro atoms. The lowest BCUT2D eigenvalue weighted by atomic mass is 10.2. The average Bonchev–Trinajstić information content (AvgIpc) is 3.50. The van der Waals surface area contributed by atoms with Crippen molar-refractivity contribution in [3.8, 4) is 11.3 Å². The molecule has 4 aromatic rings. The van der Waals surface area contributed by atoms with Gasteiger partial charge in [-0.15, -0.1) is 21.5 Å². The number of anilines is 1. The van der Waals surface area contributed by atoms with E-state index in [1.165, 1.54) is 23.1 Å². The van der Waals surface area contributed by atoms with E-state index < -0.39 is 0 Å². The Balaban J connectivity index is 1.36. The Hall–Kier alpha value is -3.02. The van der Waals surface area contributed by atoms with Crippen LogP contribution in [0.2, 0.25) is 0 Å². The minimum atomic E-state index is -0.364. The zero-order valence-corrected chi connectivity index (χ0v) is 22.3. The first-order valence-corrected chi connectivity index (χ1v) is 13.5. The van der Waals surface area contributed by atoms with Gasteiger partial charge in [0.15, 0.2) is 16.1 Å². The summed E-state index contributed by atoms with van der Waals surface area (Å²) >= 11 is 6.09. The molecule has 35 heavy (non-hydrogen) atoms. The van der Waals surface area contributed by atoms with E-state index in [4.69, 9.17) is 0 Å². The maximum atomic E-state index is 12.7. The van der Waals surface area contributed by atoms with Crippen molar-refractivity contribution in [1.29, 1.82) is 0 Å². The van der Waals surface area contributed by atoms with Gasteiger partial charge in [0, 0.05) is 22.0 Å². The number of nitrogens with one attached hydrogen (secondary N) is 2. The molecule has 0 aliphatic rings. The number of thioether (sulfide) groups is 1. The Labute approximate surface area is 219 Å². The summed E-state index contributed by atoms with van der Waals surface area (Å²) in [5.74, 6) is 0.410. The highest BCUT2D eigenvalue weighted by molar-refractivity contribution is 9.10. The summed E-state index contributed by atoms with van der Waals surface area (Å²) in [4.78, 5) is 29.7. The van der Waals surface area contributed by atoms with Crippen molar-refractivity contribution in [2.45, 2.75) is 31.6 Å². The first-order valence-electron chi connectivity index (χ1n) is 10.9. The number of carbonyl (C=O) groups is 2. The van der Waals surface area contributed by atoms with E-state index in [-0.39, 0.29) is 23.6 Å². The number of halogens is 1. The number of aromatic nitrogens is 4. The molecule has 0 saturated heterocycles. The number of nitrogens with zero attached hydrogens (tertiary/aromatic N) is 4. The van der Waals surface area contributed by atoms with E-state index in [9.17, 15) is 9.59 Å². The fourth-order valence-electron chi connectivity index (χ4n) is 3.37. The molecule has 2 aromatic heterocycles. The second-order valence-electron chi connectivity index (χ2n) is 7.50. The number of hydrogen-bond acceptors (Lipinski definition) is 7. The average molecular weight is 572 g/mol. The summed E-state index contributed by atoms with van der Waals surface area (Å²) in [6, 6.07) is 16.7. The van der Waals surface area contributed by atoms with Gasteiger partial charge in [-0.3, -0.25) is 9.59 Å². The summed E-state index contributed by atoms with van der Waals surface area (Å²) < 4.78 is 2.62. The van der Waals surface area contributed by atoms with Gasteiger partial charge in [0.1, 0.15) is 0 Å². The molecule has 2 aromatic carbocycles. The number of amides is 2. The van der Waals surface area contributed by atoms with Crippen molar-refractivity contribution in [2.75, 3.05) is 11.1 Å². The fraction of sp³-hybridized carbons (Fsp3) is 0.208. The molecule has 1 unspecified atom stereocenters. The molecule has 2 N–H and O–H groups in total. The van der Waals surface area contributed by atoms with Crippen molar-refractivity contribution < 1.29 is 9.59 Å². The molecule has 2 amide bonds. The highest BCUT2D eigenvalue weighted by Crippen LogP contribution is 2.26. The molecule has 0 fully saturated rings. The molecular weight excluding hydrogens is 548 g/mol. The van der Waals surface area contributed by atoms with E-state index in [0.29, 0.717) is 28.2 Å². The number of rotatable bonds is 9. The minimum Gasteiger partial charge on any atom is -0.342 e. The molecule has 0 saturated carbocycles. The molecule has 4 rings (SSSR count). The van der Waals surface area contributed by atoms with Crippen LogP contribution in [0.4, 0.5) is 5.13 Å². The van der Waals surface area contributed by atoms with Crippen LogP contribution in [0.25, 0.3) is 11.3 Å². The normalized spacial score (nSPS) is 11.7. The maximum Gasteiger partial charge on any atom is 0.253 e. The molecule has 8 nitrogen and oxygen atoms in total. The predicted molar refractivity (Wildman–Crippen MR) is 143 cm³/mol. The SMILES string of the molecule is CCn1c(SCC(=O)Nc2nc(-c3ccccc3)cs2)nnc1C(C)NC(=O)c1ccccc1Br. The first kappa shape index (κ1) is 25.1. The van der Waals surface area contributed by atoms with E-state index in [1.54, 1.807) is 6.07 Å². The Morgan fingerprint density at radius 3 is 2.60 bits per heavy atom. The summed E-state index contributed by atoms with van der Waals surface area (Å²) in [5.41, 5.74) is 2.38. The van der Waals surface area contributed by atoms with Crippen molar-refractivity contribution in [2.24, 2.45) is 0 Å². The molecule has 0 aliphatic heterocycles. The van der Waals surface area contributed by atoms with Gasteiger partial charge in [-0.1, -0.05) is 54.2 Å². The molecule has 180 valence electrons. The van der Waals surface area contributed by atoms with Gasteiger partial charge in [-0.2, -0.15) is 0 Å². The van der Waals surface area contributed by atoms with Crippen LogP contribution in [0.5, 0.6) is 0 Å². The quantitative estimate of drug-likeness (QED) is 0.261. The van der Waals surface area contributed by atoms with Crippen molar-refractivity contribution in [3.63, 3.8) is 0 Å². The second-order valence-corrected chi connectivity index (χ2v) is 10.2. The van der Waals surface area contributed by atoms with Crippen LogP contribution in [0.15, 0.2) is 69.6 Å². The third-order valence-electron chi connectivity index (χ3n) is 5.07. The monoisotopic (exact) mass is 570 g/mol. The summed E-state index contributed by atoms with van der Waals surface area (Å²) in [5, 5.41) is 17.4. The van der Waals surface area contributed by atoms with Gasteiger partial charge in [-0.05, 0) is 41.9 Å². The molecule has 0 radical (unpaired) electrons. The largest absolute Gasteiger partial charge is 0.342 e. The van der Waals surface area contributed by atoms with E-state index in [2.05, 4.69) is 41.7 Å². The lowest BCUT2D eigenvalue weighted by Gasteiger charge is -2.15. The number of hydrogen-bond donors (Lipinski definition) is 2. The zero-order chi connectivity index (χ0) is 24.8. The number of carbonyl (C=O) groups excluding carboxylic acids is 2. The fourth-order valence-corrected chi connectivity index (χ4v) is 5.38. The van der Waals surface area contributed by atoms with Crippen LogP contribution in [0, 0.1) is 0 Å². The third kappa shape index (κ3) is 6.16. The van der Waals surface area contributed by atoms with Gasteiger partial charge >= 0.3 is 0 Å². The van der Waals surface area contributed by atoms with Gasteiger partial charge in [-0.25, -0.2) is 4.98 Å². The second kappa shape index (κ2) is 11.6. The standard InChI is InChI=1S/C24H23BrN6O2S2/c1-3-31-21(15(2)26-22(33)17-11-7-8-12-18(17)25)29-30-24(31)35-14-20(32)28-23-27-19(13-34-23)16-9-5-4-6-10-16/h4-13,15H,3,14H2,1-2H3,(H,26,33)(H,27,28,32). The van der Waals surface area contributed by atoms with Crippen LogP contribution in [-0.4, -0.2) is 37.3 Å². The number of benzene rings is 2.